The number of carbonyl (C=O) groups is 1. The van der Waals surface area contributed by atoms with Crippen molar-refractivity contribution in [2.24, 2.45) is 0 Å². The van der Waals surface area contributed by atoms with Gasteiger partial charge in [0, 0.05) is 13.3 Å². The number of nitrogens with two attached hydrogens (primary N) is 1. The molecule has 1 rings (SSSR count). The van der Waals surface area contributed by atoms with E-state index in [0.29, 0.717) is 17.9 Å². The third kappa shape index (κ3) is 1.39. The second kappa shape index (κ2) is 2.74. The van der Waals surface area contributed by atoms with Gasteiger partial charge in [0.25, 0.3) is 6.01 Å². The monoisotopic (exact) mass is 154 g/mol. The van der Waals surface area contributed by atoms with Crippen LogP contribution in [-0.4, -0.2) is 10.8 Å². The molecule has 0 fully saturated rings. The largest absolute Gasteiger partial charge is 0.428 e. The Labute approximate surface area is 64.4 Å². The molecule has 0 bridgehead atoms. The van der Waals surface area contributed by atoms with Gasteiger partial charge in [0.15, 0.2) is 5.78 Å². The SMILES string of the molecule is CCc1oc(N)nc1C(C)=O. The van der Waals surface area contributed by atoms with E-state index in [1.165, 1.54) is 6.92 Å². The van der Waals surface area contributed by atoms with Crippen LogP contribution in [0.15, 0.2) is 4.42 Å². The number of rotatable bonds is 2. The van der Waals surface area contributed by atoms with E-state index < -0.39 is 0 Å². The van der Waals surface area contributed by atoms with Gasteiger partial charge in [-0.1, -0.05) is 6.92 Å². The summed E-state index contributed by atoms with van der Waals surface area (Å²) in [6.45, 7) is 3.32. The van der Waals surface area contributed by atoms with E-state index in [-0.39, 0.29) is 11.8 Å². The van der Waals surface area contributed by atoms with Gasteiger partial charge in [-0.2, -0.15) is 4.98 Å². The Hall–Kier alpha value is -1.32. The molecule has 0 aromatic carbocycles. The molecule has 60 valence electrons. The van der Waals surface area contributed by atoms with Gasteiger partial charge in [-0.15, -0.1) is 0 Å². The van der Waals surface area contributed by atoms with Gasteiger partial charge in [0.1, 0.15) is 11.5 Å². The molecule has 0 saturated heterocycles. The Morgan fingerprint density at radius 1 is 1.73 bits per heavy atom. The van der Waals surface area contributed by atoms with Gasteiger partial charge in [0.2, 0.25) is 0 Å². The van der Waals surface area contributed by atoms with Crippen LogP contribution in [0.3, 0.4) is 0 Å². The highest BCUT2D eigenvalue weighted by molar-refractivity contribution is 5.93. The van der Waals surface area contributed by atoms with Crippen molar-refractivity contribution in [2.75, 3.05) is 5.73 Å². The second-order valence-electron chi connectivity index (χ2n) is 2.23. The summed E-state index contributed by atoms with van der Waals surface area (Å²) in [5.74, 6) is 0.456. The molecule has 4 heteroatoms. The first-order chi connectivity index (χ1) is 5.15. The normalized spacial score (nSPS) is 10.0. The second-order valence-corrected chi connectivity index (χ2v) is 2.23. The molecule has 0 unspecified atom stereocenters. The maximum atomic E-state index is 10.9. The predicted octanol–water partition coefficient (Wildman–Crippen LogP) is 1.02. The number of aryl methyl sites for hydroxylation is 1. The molecule has 1 aromatic heterocycles. The number of hydrogen-bond donors (Lipinski definition) is 1. The fraction of sp³-hybridized carbons (Fsp3) is 0.429. The third-order valence-corrected chi connectivity index (χ3v) is 1.37. The van der Waals surface area contributed by atoms with Crippen molar-refractivity contribution in [3.8, 4) is 0 Å². The van der Waals surface area contributed by atoms with Crippen LogP contribution in [0.5, 0.6) is 0 Å². The molecule has 1 aromatic rings. The van der Waals surface area contributed by atoms with Crippen molar-refractivity contribution in [2.45, 2.75) is 20.3 Å². The molecule has 2 N–H and O–H groups in total. The Bertz CT molecular complexity index is 278. The van der Waals surface area contributed by atoms with Crippen LogP contribution in [0, 0.1) is 0 Å². The molecule has 0 radical (unpaired) electrons. The molecule has 0 atom stereocenters. The first-order valence-electron chi connectivity index (χ1n) is 3.41. The van der Waals surface area contributed by atoms with Crippen LogP contribution in [0.4, 0.5) is 6.01 Å². The number of ketones is 1. The highest BCUT2D eigenvalue weighted by Crippen LogP contribution is 2.13. The topological polar surface area (TPSA) is 69.1 Å². The zero-order chi connectivity index (χ0) is 8.43. The van der Waals surface area contributed by atoms with Crippen molar-refractivity contribution >= 4 is 11.8 Å². The maximum absolute atomic E-state index is 10.9. The first kappa shape index (κ1) is 7.78. The molecule has 0 saturated carbocycles. The summed E-state index contributed by atoms with van der Waals surface area (Å²) in [6.07, 6.45) is 0.638. The van der Waals surface area contributed by atoms with E-state index >= 15 is 0 Å². The van der Waals surface area contributed by atoms with Crippen LogP contribution in [0.25, 0.3) is 0 Å². The minimum atomic E-state index is -0.109. The smallest absolute Gasteiger partial charge is 0.292 e. The number of aromatic nitrogens is 1. The molecular formula is C7H10N2O2. The summed E-state index contributed by atoms with van der Waals surface area (Å²) in [5.41, 5.74) is 5.61. The molecule has 0 aliphatic carbocycles. The van der Waals surface area contributed by atoms with E-state index in [1.807, 2.05) is 6.92 Å². The highest BCUT2D eigenvalue weighted by atomic mass is 16.4. The number of Topliss-reactive ketones (excluding diaryl/α,β-unsaturated/α-hetero) is 1. The van der Waals surface area contributed by atoms with Crippen molar-refractivity contribution in [3.05, 3.63) is 11.5 Å². The summed E-state index contributed by atoms with van der Waals surface area (Å²) in [6, 6.07) is 0.0621. The number of oxazole rings is 1. The summed E-state index contributed by atoms with van der Waals surface area (Å²) in [4.78, 5) is 14.6. The van der Waals surface area contributed by atoms with Gasteiger partial charge in [-0.25, -0.2) is 0 Å². The van der Waals surface area contributed by atoms with Gasteiger partial charge in [0.05, 0.1) is 0 Å². The summed E-state index contributed by atoms with van der Waals surface area (Å²) in [7, 11) is 0. The zero-order valence-electron chi connectivity index (χ0n) is 6.55. The number of hydrogen-bond acceptors (Lipinski definition) is 4. The fourth-order valence-electron chi connectivity index (χ4n) is 0.885. The lowest BCUT2D eigenvalue weighted by atomic mass is 10.2. The minimum absolute atomic E-state index is 0.0621. The Kier molecular flexibility index (Phi) is 1.94. The van der Waals surface area contributed by atoms with Crippen molar-refractivity contribution < 1.29 is 9.21 Å². The number of anilines is 1. The van der Waals surface area contributed by atoms with Crippen LogP contribution < -0.4 is 5.73 Å². The molecule has 11 heavy (non-hydrogen) atoms. The Balaban J connectivity index is 3.12. The van der Waals surface area contributed by atoms with Crippen LogP contribution in [0.2, 0.25) is 0 Å². The molecule has 4 nitrogen and oxygen atoms in total. The van der Waals surface area contributed by atoms with Crippen LogP contribution >= 0.6 is 0 Å². The third-order valence-electron chi connectivity index (χ3n) is 1.37. The average molecular weight is 154 g/mol. The number of nitrogens with zero attached hydrogens (tertiary/aromatic N) is 1. The first-order valence-corrected chi connectivity index (χ1v) is 3.41. The van der Waals surface area contributed by atoms with E-state index in [4.69, 9.17) is 10.2 Å². The van der Waals surface area contributed by atoms with E-state index in [0.717, 1.165) is 0 Å². The van der Waals surface area contributed by atoms with E-state index in [9.17, 15) is 4.79 Å². The highest BCUT2D eigenvalue weighted by Gasteiger charge is 2.12. The standard InChI is InChI=1S/C7H10N2O2/c1-3-5-6(4(2)10)9-7(8)11-5/h3H2,1-2H3,(H2,8,9). The van der Waals surface area contributed by atoms with Crippen LogP contribution in [-0.2, 0) is 6.42 Å². The van der Waals surface area contributed by atoms with Gasteiger partial charge in [-0.3, -0.25) is 4.79 Å². The molecule has 0 aliphatic rings. The summed E-state index contributed by atoms with van der Waals surface area (Å²) >= 11 is 0. The number of nitrogen functional groups attached to an aromatic ring is 1. The van der Waals surface area contributed by atoms with Crippen LogP contribution in [0.1, 0.15) is 30.1 Å². The number of carbonyl (C=O) groups excluding carboxylic acids is 1. The summed E-state index contributed by atoms with van der Waals surface area (Å²) in [5, 5.41) is 0. The van der Waals surface area contributed by atoms with Crippen molar-refractivity contribution in [3.63, 3.8) is 0 Å². The predicted molar refractivity (Wildman–Crippen MR) is 40.3 cm³/mol. The molecule has 0 aliphatic heterocycles. The van der Waals surface area contributed by atoms with Gasteiger partial charge in [-0.05, 0) is 0 Å². The molecule has 1 heterocycles. The van der Waals surface area contributed by atoms with Crippen molar-refractivity contribution in [1.82, 2.24) is 4.98 Å². The van der Waals surface area contributed by atoms with Gasteiger partial charge >= 0.3 is 0 Å². The van der Waals surface area contributed by atoms with Gasteiger partial charge < -0.3 is 10.2 Å². The van der Waals surface area contributed by atoms with Crippen molar-refractivity contribution in [1.29, 1.82) is 0 Å². The fourth-order valence-corrected chi connectivity index (χ4v) is 0.885. The zero-order valence-corrected chi connectivity index (χ0v) is 6.55. The summed E-state index contributed by atoms with van der Waals surface area (Å²) < 4.78 is 4.97. The maximum Gasteiger partial charge on any atom is 0.292 e. The Morgan fingerprint density at radius 2 is 2.36 bits per heavy atom. The molecule has 0 spiro atoms. The Morgan fingerprint density at radius 3 is 2.73 bits per heavy atom. The quantitative estimate of drug-likeness (QED) is 0.645. The van der Waals surface area contributed by atoms with E-state index in [1.54, 1.807) is 0 Å². The minimum Gasteiger partial charge on any atom is -0.428 e. The average Bonchev–Trinajstić information content (AvgIpc) is 2.30. The molecule has 0 amide bonds. The lowest BCUT2D eigenvalue weighted by Gasteiger charge is -1.88. The van der Waals surface area contributed by atoms with E-state index in [2.05, 4.69) is 4.98 Å². The lowest BCUT2D eigenvalue weighted by Crippen LogP contribution is -1.96. The lowest BCUT2D eigenvalue weighted by molar-refractivity contribution is 0.101. The molecular weight excluding hydrogens is 144 g/mol.